The van der Waals surface area contributed by atoms with Gasteiger partial charge in [0.1, 0.15) is 0 Å². The van der Waals surface area contributed by atoms with E-state index in [9.17, 15) is 9.59 Å². The summed E-state index contributed by atoms with van der Waals surface area (Å²) in [4.78, 5) is 25.3. The molecule has 21 heavy (non-hydrogen) atoms. The molecule has 5 nitrogen and oxygen atoms in total. The van der Waals surface area contributed by atoms with Crippen LogP contribution in [-0.4, -0.2) is 37.4 Å². The molecule has 1 unspecified atom stereocenters. The molecule has 0 heterocycles. The lowest BCUT2D eigenvalue weighted by Crippen LogP contribution is -2.29. The van der Waals surface area contributed by atoms with Crippen molar-refractivity contribution in [2.75, 3.05) is 20.6 Å². The van der Waals surface area contributed by atoms with Crippen LogP contribution in [0.4, 0.5) is 0 Å². The largest absolute Gasteiger partial charge is 0.355 e. The van der Waals surface area contributed by atoms with Crippen molar-refractivity contribution in [3.05, 3.63) is 35.4 Å². The fourth-order valence-corrected chi connectivity index (χ4v) is 2.07. The molecule has 1 rings (SSSR count). The molecule has 0 bridgehead atoms. The second-order valence-electron chi connectivity index (χ2n) is 5.24. The molecule has 0 aliphatic heterocycles. The van der Waals surface area contributed by atoms with Crippen molar-refractivity contribution in [2.45, 2.75) is 26.3 Å². The van der Waals surface area contributed by atoms with Crippen molar-refractivity contribution in [1.29, 1.82) is 0 Å². The number of amides is 2. The zero-order valence-corrected chi connectivity index (χ0v) is 13.1. The van der Waals surface area contributed by atoms with Gasteiger partial charge in [-0.05, 0) is 30.2 Å². The first-order valence-electron chi connectivity index (χ1n) is 7.26. The van der Waals surface area contributed by atoms with Crippen molar-refractivity contribution in [3.8, 4) is 0 Å². The van der Waals surface area contributed by atoms with E-state index in [2.05, 4.69) is 5.32 Å². The van der Waals surface area contributed by atoms with Crippen LogP contribution in [0.15, 0.2) is 24.3 Å². The van der Waals surface area contributed by atoms with E-state index in [-0.39, 0.29) is 17.7 Å². The predicted octanol–water partition coefficient (Wildman–Crippen LogP) is 1.38. The fourth-order valence-electron chi connectivity index (χ4n) is 2.07. The Morgan fingerprint density at radius 1 is 1.29 bits per heavy atom. The second-order valence-corrected chi connectivity index (χ2v) is 5.24. The molecule has 2 amide bonds. The number of hydrogen-bond donors (Lipinski definition) is 2. The van der Waals surface area contributed by atoms with Gasteiger partial charge in [-0.15, -0.1) is 0 Å². The van der Waals surface area contributed by atoms with Crippen molar-refractivity contribution >= 4 is 11.8 Å². The third kappa shape index (κ3) is 5.19. The topological polar surface area (TPSA) is 75.4 Å². The van der Waals surface area contributed by atoms with E-state index in [0.29, 0.717) is 25.1 Å². The maximum absolute atomic E-state index is 12.1. The van der Waals surface area contributed by atoms with Gasteiger partial charge in [-0.25, -0.2) is 0 Å². The van der Waals surface area contributed by atoms with Crippen molar-refractivity contribution in [1.82, 2.24) is 10.2 Å². The minimum absolute atomic E-state index is 0.0997. The quantitative estimate of drug-likeness (QED) is 0.797. The first-order chi connectivity index (χ1) is 10.0. The summed E-state index contributed by atoms with van der Waals surface area (Å²) in [6.45, 7) is 3.12. The van der Waals surface area contributed by atoms with Gasteiger partial charge in [-0.3, -0.25) is 9.59 Å². The van der Waals surface area contributed by atoms with E-state index >= 15 is 0 Å². The molecule has 0 saturated heterocycles. The third-order valence-electron chi connectivity index (χ3n) is 3.66. The standard InChI is InChI=1S/C16H25N3O2/c1-4-12(10-17)9-15(20)19(3)11-13-5-7-14(8-6-13)16(21)18-2/h5-8,12H,4,9-11,17H2,1-3H3,(H,18,21). The summed E-state index contributed by atoms with van der Waals surface area (Å²) < 4.78 is 0. The van der Waals surface area contributed by atoms with Gasteiger partial charge >= 0.3 is 0 Å². The molecule has 0 aliphatic carbocycles. The number of rotatable bonds is 7. The number of benzene rings is 1. The van der Waals surface area contributed by atoms with Crippen LogP contribution < -0.4 is 11.1 Å². The van der Waals surface area contributed by atoms with E-state index in [0.717, 1.165) is 12.0 Å². The Morgan fingerprint density at radius 2 is 1.90 bits per heavy atom. The molecule has 116 valence electrons. The van der Waals surface area contributed by atoms with Gasteiger partial charge in [0, 0.05) is 32.6 Å². The van der Waals surface area contributed by atoms with Gasteiger partial charge in [-0.2, -0.15) is 0 Å². The van der Waals surface area contributed by atoms with Gasteiger partial charge in [0.25, 0.3) is 5.91 Å². The summed E-state index contributed by atoms with van der Waals surface area (Å²) in [5.74, 6) is 0.234. The van der Waals surface area contributed by atoms with Gasteiger partial charge in [-0.1, -0.05) is 25.5 Å². The lowest BCUT2D eigenvalue weighted by Gasteiger charge is -2.20. The summed E-state index contributed by atoms with van der Waals surface area (Å²) in [5, 5.41) is 2.58. The molecular formula is C16H25N3O2. The van der Waals surface area contributed by atoms with Crippen molar-refractivity contribution in [2.24, 2.45) is 11.7 Å². The average Bonchev–Trinajstić information content (AvgIpc) is 2.52. The Morgan fingerprint density at radius 3 is 2.38 bits per heavy atom. The van der Waals surface area contributed by atoms with Crippen molar-refractivity contribution in [3.63, 3.8) is 0 Å². The highest BCUT2D eigenvalue weighted by Gasteiger charge is 2.14. The zero-order valence-electron chi connectivity index (χ0n) is 13.1. The van der Waals surface area contributed by atoms with E-state index in [1.54, 1.807) is 31.1 Å². The van der Waals surface area contributed by atoms with E-state index in [1.165, 1.54) is 0 Å². The van der Waals surface area contributed by atoms with E-state index in [1.807, 2.05) is 19.1 Å². The number of hydrogen-bond acceptors (Lipinski definition) is 3. The molecule has 0 radical (unpaired) electrons. The van der Waals surface area contributed by atoms with Gasteiger partial charge in [0.2, 0.25) is 5.91 Å². The molecule has 0 fully saturated rings. The SMILES string of the molecule is CCC(CN)CC(=O)N(C)Cc1ccc(C(=O)NC)cc1. The second kappa shape index (κ2) is 8.42. The normalized spacial score (nSPS) is 11.8. The van der Waals surface area contributed by atoms with Crippen LogP contribution in [-0.2, 0) is 11.3 Å². The number of carbonyl (C=O) groups excluding carboxylic acids is 2. The lowest BCUT2D eigenvalue weighted by atomic mass is 10.0. The molecule has 0 aliphatic rings. The molecular weight excluding hydrogens is 266 g/mol. The number of nitrogens with zero attached hydrogens (tertiary/aromatic N) is 1. The highest BCUT2D eigenvalue weighted by molar-refractivity contribution is 5.93. The maximum Gasteiger partial charge on any atom is 0.251 e. The minimum Gasteiger partial charge on any atom is -0.355 e. The lowest BCUT2D eigenvalue weighted by molar-refractivity contribution is -0.131. The van der Waals surface area contributed by atoms with E-state index in [4.69, 9.17) is 5.73 Å². The molecule has 1 aromatic rings. The van der Waals surface area contributed by atoms with Gasteiger partial charge < -0.3 is 16.0 Å². The van der Waals surface area contributed by atoms with Crippen LogP contribution in [0.25, 0.3) is 0 Å². The Labute approximate surface area is 126 Å². The van der Waals surface area contributed by atoms with Crippen LogP contribution in [0.5, 0.6) is 0 Å². The van der Waals surface area contributed by atoms with Crippen molar-refractivity contribution < 1.29 is 9.59 Å². The van der Waals surface area contributed by atoms with Crippen LogP contribution in [0.1, 0.15) is 35.7 Å². The molecule has 0 spiro atoms. The van der Waals surface area contributed by atoms with E-state index < -0.39 is 0 Å². The number of nitrogens with one attached hydrogen (secondary N) is 1. The monoisotopic (exact) mass is 291 g/mol. The van der Waals surface area contributed by atoms with Crippen LogP contribution in [0, 0.1) is 5.92 Å². The molecule has 3 N–H and O–H groups in total. The Hall–Kier alpha value is -1.88. The first-order valence-corrected chi connectivity index (χ1v) is 7.26. The van der Waals surface area contributed by atoms with Gasteiger partial charge in [0.05, 0.1) is 0 Å². The third-order valence-corrected chi connectivity index (χ3v) is 3.66. The highest BCUT2D eigenvalue weighted by Crippen LogP contribution is 2.11. The summed E-state index contributed by atoms with van der Waals surface area (Å²) in [6.07, 6.45) is 1.40. The summed E-state index contributed by atoms with van der Waals surface area (Å²) in [7, 11) is 3.39. The summed E-state index contributed by atoms with van der Waals surface area (Å²) in [6, 6.07) is 7.27. The molecule has 1 aromatic carbocycles. The molecule has 5 heteroatoms. The summed E-state index contributed by atoms with van der Waals surface area (Å²) >= 11 is 0. The first kappa shape index (κ1) is 17.2. The molecule has 1 atom stereocenters. The Bertz CT molecular complexity index is 467. The molecule has 0 saturated carbocycles. The Balaban J connectivity index is 2.60. The van der Waals surface area contributed by atoms with Gasteiger partial charge in [0.15, 0.2) is 0 Å². The smallest absolute Gasteiger partial charge is 0.251 e. The highest BCUT2D eigenvalue weighted by atomic mass is 16.2. The summed E-state index contributed by atoms with van der Waals surface area (Å²) in [5.41, 5.74) is 7.25. The minimum atomic E-state index is -0.111. The average molecular weight is 291 g/mol. The number of nitrogens with two attached hydrogens (primary N) is 1. The number of carbonyl (C=O) groups is 2. The predicted molar refractivity (Wildman–Crippen MR) is 83.8 cm³/mol. The maximum atomic E-state index is 12.1. The Kier molecular flexibility index (Phi) is 6.88. The van der Waals surface area contributed by atoms with Crippen LogP contribution >= 0.6 is 0 Å². The van der Waals surface area contributed by atoms with Crippen LogP contribution in [0.3, 0.4) is 0 Å². The molecule has 0 aromatic heterocycles. The van der Waals surface area contributed by atoms with Crippen LogP contribution in [0.2, 0.25) is 0 Å². The zero-order chi connectivity index (χ0) is 15.8. The fraction of sp³-hybridized carbons (Fsp3) is 0.500.